The fourth-order valence-corrected chi connectivity index (χ4v) is 3.53. The number of aryl methyl sites for hydroxylation is 1. The third-order valence-electron chi connectivity index (χ3n) is 5.22. The molecule has 2 aliphatic rings. The topological polar surface area (TPSA) is 47.4 Å². The second-order valence-electron chi connectivity index (χ2n) is 6.89. The van der Waals surface area contributed by atoms with Gasteiger partial charge in [-0.15, -0.1) is 0 Å². The van der Waals surface area contributed by atoms with E-state index in [-0.39, 0.29) is 5.56 Å². The highest BCUT2D eigenvalue weighted by Gasteiger charge is 2.24. The lowest BCUT2D eigenvalue weighted by molar-refractivity contribution is 0.135. The molecule has 122 valence electrons. The predicted molar refractivity (Wildman–Crippen MR) is 86.1 cm³/mol. The molecular weight excluding hydrogens is 278 g/mol. The maximum absolute atomic E-state index is 12.3. The van der Waals surface area contributed by atoms with Crippen molar-refractivity contribution in [3.8, 4) is 0 Å². The zero-order valence-electron chi connectivity index (χ0n) is 13.8. The van der Waals surface area contributed by atoms with Crippen molar-refractivity contribution < 1.29 is 4.74 Å². The first-order chi connectivity index (χ1) is 10.6. The van der Waals surface area contributed by atoms with E-state index in [2.05, 4.69) is 9.88 Å². The highest BCUT2D eigenvalue weighted by atomic mass is 16.5. The van der Waals surface area contributed by atoms with Gasteiger partial charge >= 0.3 is 0 Å². The summed E-state index contributed by atoms with van der Waals surface area (Å²) >= 11 is 0. The Morgan fingerprint density at radius 2 is 1.95 bits per heavy atom. The van der Waals surface area contributed by atoms with Crippen LogP contribution in [0.3, 0.4) is 0 Å². The van der Waals surface area contributed by atoms with Crippen LogP contribution < -0.4 is 5.56 Å². The minimum atomic E-state index is 0.123. The van der Waals surface area contributed by atoms with Gasteiger partial charge in [-0.1, -0.05) is 0 Å². The minimum Gasteiger partial charge on any atom is -0.381 e. The summed E-state index contributed by atoms with van der Waals surface area (Å²) in [4.78, 5) is 19.2. The molecule has 0 saturated carbocycles. The fraction of sp³-hybridized carbons (Fsp3) is 0.765. The molecule has 22 heavy (non-hydrogen) atoms. The van der Waals surface area contributed by atoms with Gasteiger partial charge in [0.2, 0.25) is 0 Å². The van der Waals surface area contributed by atoms with E-state index in [1.807, 2.05) is 13.8 Å². The maximum Gasteiger partial charge on any atom is 0.256 e. The molecule has 0 bridgehead atoms. The molecule has 2 aliphatic heterocycles. The van der Waals surface area contributed by atoms with Crippen LogP contribution in [0.25, 0.3) is 0 Å². The molecule has 1 atom stereocenters. The van der Waals surface area contributed by atoms with E-state index in [1.54, 1.807) is 10.9 Å². The van der Waals surface area contributed by atoms with Crippen molar-refractivity contribution in [2.75, 3.05) is 32.8 Å². The highest BCUT2D eigenvalue weighted by molar-refractivity contribution is 5.12. The number of hydrogen-bond donors (Lipinski definition) is 0. The summed E-state index contributed by atoms with van der Waals surface area (Å²) in [5.74, 6) is 1.32. The first-order valence-electron chi connectivity index (χ1n) is 8.46. The standard InChI is InChI=1S/C17H27N3O2/c1-13-14(2)18-12-20(17(13)21)10-15-3-6-19(7-4-15)9-16-5-8-22-11-16/h12,15-16H,3-11H2,1-2H3. The van der Waals surface area contributed by atoms with E-state index in [9.17, 15) is 4.79 Å². The Hall–Kier alpha value is -1.20. The second-order valence-corrected chi connectivity index (χ2v) is 6.89. The average molecular weight is 305 g/mol. The SMILES string of the molecule is Cc1ncn(CC2CCN(CC3CCOC3)CC2)c(=O)c1C. The molecule has 5 heteroatoms. The summed E-state index contributed by atoms with van der Waals surface area (Å²) in [6, 6.07) is 0. The zero-order valence-corrected chi connectivity index (χ0v) is 13.8. The number of nitrogens with zero attached hydrogens (tertiary/aromatic N) is 3. The van der Waals surface area contributed by atoms with E-state index in [4.69, 9.17) is 4.74 Å². The molecule has 0 amide bonds. The Kier molecular flexibility index (Phi) is 4.93. The van der Waals surface area contributed by atoms with Gasteiger partial charge in [0.1, 0.15) is 0 Å². The van der Waals surface area contributed by atoms with Crippen LogP contribution >= 0.6 is 0 Å². The quantitative estimate of drug-likeness (QED) is 0.848. The molecule has 1 unspecified atom stereocenters. The number of hydrogen-bond acceptors (Lipinski definition) is 4. The Bertz CT molecular complexity index is 556. The van der Waals surface area contributed by atoms with Crippen molar-refractivity contribution >= 4 is 0 Å². The van der Waals surface area contributed by atoms with Gasteiger partial charge in [0.15, 0.2) is 0 Å². The monoisotopic (exact) mass is 305 g/mol. The number of aromatic nitrogens is 2. The normalized spacial score (nSPS) is 24.0. The number of rotatable bonds is 4. The average Bonchev–Trinajstić information content (AvgIpc) is 3.03. The van der Waals surface area contributed by atoms with E-state index in [0.29, 0.717) is 5.92 Å². The number of ether oxygens (including phenoxy) is 1. The zero-order chi connectivity index (χ0) is 15.5. The third kappa shape index (κ3) is 3.58. The van der Waals surface area contributed by atoms with Crippen LogP contribution in [0.2, 0.25) is 0 Å². The smallest absolute Gasteiger partial charge is 0.256 e. The summed E-state index contributed by atoms with van der Waals surface area (Å²) < 4.78 is 7.26. The van der Waals surface area contributed by atoms with Gasteiger partial charge in [-0.3, -0.25) is 9.36 Å². The lowest BCUT2D eigenvalue weighted by atomic mass is 9.95. The fourth-order valence-electron chi connectivity index (χ4n) is 3.53. The van der Waals surface area contributed by atoms with E-state index in [0.717, 1.165) is 50.0 Å². The van der Waals surface area contributed by atoms with Crippen LogP contribution in [0.4, 0.5) is 0 Å². The van der Waals surface area contributed by atoms with Gasteiger partial charge < -0.3 is 9.64 Å². The Morgan fingerprint density at radius 1 is 1.18 bits per heavy atom. The minimum absolute atomic E-state index is 0.123. The lowest BCUT2D eigenvalue weighted by Gasteiger charge is -2.33. The first-order valence-corrected chi connectivity index (χ1v) is 8.46. The van der Waals surface area contributed by atoms with Gasteiger partial charge in [0.05, 0.1) is 12.9 Å². The van der Waals surface area contributed by atoms with Crippen molar-refractivity contribution in [3.05, 3.63) is 27.9 Å². The van der Waals surface area contributed by atoms with Crippen molar-refractivity contribution in [2.45, 2.75) is 39.7 Å². The van der Waals surface area contributed by atoms with Gasteiger partial charge in [-0.05, 0) is 58.0 Å². The second kappa shape index (κ2) is 6.92. The largest absolute Gasteiger partial charge is 0.381 e. The molecule has 0 spiro atoms. The first kappa shape index (κ1) is 15.7. The summed E-state index contributed by atoms with van der Waals surface area (Å²) in [5.41, 5.74) is 1.74. The molecule has 2 fully saturated rings. The molecule has 0 N–H and O–H groups in total. The molecule has 0 aliphatic carbocycles. The lowest BCUT2D eigenvalue weighted by Crippen LogP contribution is -2.39. The van der Waals surface area contributed by atoms with Gasteiger partial charge in [-0.25, -0.2) is 4.98 Å². The van der Waals surface area contributed by atoms with Crippen LogP contribution in [0.1, 0.15) is 30.5 Å². The van der Waals surface area contributed by atoms with Crippen LogP contribution in [0.15, 0.2) is 11.1 Å². The predicted octanol–water partition coefficient (Wildman–Crippen LogP) is 1.61. The highest BCUT2D eigenvalue weighted by Crippen LogP contribution is 2.21. The molecule has 0 aromatic carbocycles. The van der Waals surface area contributed by atoms with E-state index in [1.165, 1.54) is 25.8 Å². The van der Waals surface area contributed by atoms with Gasteiger partial charge in [0, 0.05) is 31.0 Å². The summed E-state index contributed by atoms with van der Waals surface area (Å²) in [6.07, 6.45) is 5.27. The Labute approximate surface area is 132 Å². The molecule has 0 radical (unpaired) electrons. The van der Waals surface area contributed by atoms with Crippen LogP contribution in [0.5, 0.6) is 0 Å². The van der Waals surface area contributed by atoms with Crippen molar-refractivity contribution in [1.82, 2.24) is 14.5 Å². The van der Waals surface area contributed by atoms with Crippen LogP contribution in [-0.4, -0.2) is 47.3 Å². The molecule has 1 aromatic rings. The van der Waals surface area contributed by atoms with Gasteiger partial charge in [-0.2, -0.15) is 0 Å². The molecule has 3 rings (SSSR count). The van der Waals surface area contributed by atoms with E-state index >= 15 is 0 Å². The van der Waals surface area contributed by atoms with Crippen molar-refractivity contribution in [1.29, 1.82) is 0 Å². The van der Waals surface area contributed by atoms with Crippen LogP contribution in [-0.2, 0) is 11.3 Å². The van der Waals surface area contributed by atoms with Gasteiger partial charge in [0.25, 0.3) is 5.56 Å². The molecule has 2 saturated heterocycles. The third-order valence-corrected chi connectivity index (χ3v) is 5.22. The maximum atomic E-state index is 12.3. The van der Waals surface area contributed by atoms with E-state index < -0.39 is 0 Å². The van der Waals surface area contributed by atoms with Crippen LogP contribution in [0, 0.1) is 25.7 Å². The summed E-state index contributed by atoms with van der Waals surface area (Å²) in [6.45, 7) is 9.92. The number of piperidine rings is 1. The Balaban J connectivity index is 1.51. The van der Waals surface area contributed by atoms with Crippen molar-refractivity contribution in [2.24, 2.45) is 11.8 Å². The van der Waals surface area contributed by atoms with Crippen molar-refractivity contribution in [3.63, 3.8) is 0 Å². The molecular formula is C17H27N3O2. The Morgan fingerprint density at radius 3 is 2.64 bits per heavy atom. The molecule has 3 heterocycles. The summed E-state index contributed by atoms with van der Waals surface area (Å²) in [7, 11) is 0. The summed E-state index contributed by atoms with van der Waals surface area (Å²) in [5, 5.41) is 0. The molecule has 5 nitrogen and oxygen atoms in total. The number of likely N-dealkylation sites (tertiary alicyclic amines) is 1. The molecule has 1 aromatic heterocycles.